The first kappa shape index (κ1) is 16.4. The van der Waals surface area contributed by atoms with Gasteiger partial charge in [-0.3, -0.25) is 4.79 Å². The Morgan fingerprint density at radius 2 is 2.10 bits per heavy atom. The Morgan fingerprint density at radius 1 is 1.45 bits per heavy atom. The van der Waals surface area contributed by atoms with Crippen LogP contribution in [0, 0.1) is 6.92 Å². The molecule has 20 heavy (non-hydrogen) atoms. The number of aliphatic hydroxyl groups excluding tert-OH is 1. The number of nitrogens with two attached hydrogens (primary N) is 1. The Kier molecular flexibility index (Phi) is 5.43. The maximum Gasteiger partial charge on any atom is 0.254 e. The van der Waals surface area contributed by atoms with E-state index in [9.17, 15) is 13.2 Å². The van der Waals surface area contributed by atoms with E-state index in [1.54, 1.807) is 13.0 Å². The van der Waals surface area contributed by atoms with Crippen molar-refractivity contribution in [1.29, 1.82) is 0 Å². The molecule has 0 aliphatic rings. The number of rotatable bonds is 6. The Bertz CT molecular complexity index is 611. The molecule has 0 aromatic heterocycles. The van der Waals surface area contributed by atoms with Crippen molar-refractivity contribution in [2.45, 2.75) is 11.8 Å². The number of hydrogen-bond donors (Lipinski definition) is 2. The maximum atomic E-state index is 12.3. The fourth-order valence-electron chi connectivity index (χ4n) is 1.77. The molecule has 0 aliphatic heterocycles. The van der Waals surface area contributed by atoms with Gasteiger partial charge in [0.1, 0.15) is 0 Å². The van der Waals surface area contributed by atoms with E-state index in [4.69, 9.17) is 10.2 Å². The van der Waals surface area contributed by atoms with Crippen molar-refractivity contribution in [3.8, 4) is 0 Å². The van der Waals surface area contributed by atoms with Crippen LogP contribution in [0.15, 0.2) is 35.7 Å². The number of aryl methyl sites for hydroxylation is 1. The van der Waals surface area contributed by atoms with Crippen LogP contribution in [0.1, 0.15) is 15.9 Å². The Morgan fingerprint density at radius 3 is 2.60 bits per heavy atom. The number of hydrogen-bond acceptors (Lipinski definition) is 4. The van der Waals surface area contributed by atoms with Gasteiger partial charge in [0.25, 0.3) is 5.91 Å². The molecule has 1 aromatic carbocycles. The molecule has 0 bridgehead atoms. The summed E-state index contributed by atoms with van der Waals surface area (Å²) in [6, 6.07) is 4.21. The molecule has 110 valence electrons. The molecule has 0 spiro atoms. The predicted molar refractivity (Wildman–Crippen MR) is 75.7 cm³/mol. The van der Waals surface area contributed by atoms with Crippen molar-refractivity contribution in [2.75, 3.05) is 19.7 Å². The lowest BCUT2D eigenvalue weighted by Crippen LogP contribution is -2.33. The van der Waals surface area contributed by atoms with Gasteiger partial charge in [0.15, 0.2) is 0 Å². The fourth-order valence-corrected chi connectivity index (χ4v) is 2.41. The third kappa shape index (κ3) is 4.16. The zero-order valence-electron chi connectivity index (χ0n) is 11.2. The summed E-state index contributed by atoms with van der Waals surface area (Å²) >= 11 is 0. The minimum atomic E-state index is -3.87. The normalized spacial score (nSPS) is 11.2. The highest BCUT2D eigenvalue weighted by Crippen LogP contribution is 2.15. The summed E-state index contributed by atoms with van der Waals surface area (Å²) in [6.07, 6.45) is 1.53. The first-order valence-corrected chi connectivity index (χ1v) is 7.49. The van der Waals surface area contributed by atoms with Crippen molar-refractivity contribution in [3.05, 3.63) is 42.0 Å². The van der Waals surface area contributed by atoms with E-state index in [-0.39, 0.29) is 36.1 Å². The molecule has 0 unspecified atom stereocenters. The Labute approximate surface area is 118 Å². The summed E-state index contributed by atoms with van der Waals surface area (Å²) in [5, 5.41) is 14.0. The number of carbonyl (C=O) groups is 1. The van der Waals surface area contributed by atoms with Gasteiger partial charge < -0.3 is 10.0 Å². The van der Waals surface area contributed by atoms with Crippen LogP contribution in [-0.2, 0) is 10.0 Å². The summed E-state index contributed by atoms with van der Waals surface area (Å²) in [5.41, 5.74) is 0.826. The number of carbonyl (C=O) groups excluding carboxylic acids is 1. The lowest BCUT2D eigenvalue weighted by atomic mass is 10.1. The predicted octanol–water partition coefficient (Wildman–Crippen LogP) is 0.263. The van der Waals surface area contributed by atoms with Gasteiger partial charge in [-0.1, -0.05) is 6.08 Å². The van der Waals surface area contributed by atoms with E-state index in [2.05, 4.69) is 6.58 Å². The van der Waals surface area contributed by atoms with E-state index >= 15 is 0 Å². The summed E-state index contributed by atoms with van der Waals surface area (Å²) < 4.78 is 22.8. The number of nitrogens with zero attached hydrogens (tertiary/aromatic N) is 1. The van der Waals surface area contributed by atoms with Crippen LogP contribution in [-0.4, -0.2) is 44.0 Å². The van der Waals surface area contributed by atoms with E-state index in [1.165, 1.54) is 23.1 Å². The molecule has 0 saturated carbocycles. The Hall–Kier alpha value is -1.70. The minimum Gasteiger partial charge on any atom is -0.395 e. The fraction of sp³-hybridized carbons (Fsp3) is 0.308. The molecule has 0 saturated heterocycles. The van der Waals surface area contributed by atoms with Crippen LogP contribution in [0.2, 0.25) is 0 Å². The highest BCUT2D eigenvalue weighted by molar-refractivity contribution is 7.89. The van der Waals surface area contributed by atoms with Crippen LogP contribution in [0.25, 0.3) is 0 Å². The van der Waals surface area contributed by atoms with Crippen molar-refractivity contribution >= 4 is 15.9 Å². The average molecular weight is 298 g/mol. The second kappa shape index (κ2) is 6.65. The zero-order valence-corrected chi connectivity index (χ0v) is 12.1. The molecule has 0 aliphatic carbocycles. The first-order chi connectivity index (χ1) is 9.29. The summed E-state index contributed by atoms with van der Waals surface area (Å²) in [7, 11) is -3.87. The van der Waals surface area contributed by atoms with Gasteiger partial charge in [-0.2, -0.15) is 0 Å². The smallest absolute Gasteiger partial charge is 0.254 e. The molecule has 6 nitrogen and oxygen atoms in total. The lowest BCUT2D eigenvalue weighted by Gasteiger charge is -2.20. The van der Waals surface area contributed by atoms with Gasteiger partial charge in [-0.05, 0) is 30.7 Å². The average Bonchev–Trinajstić information content (AvgIpc) is 2.36. The van der Waals surface area contributed by atoms with Crippen LogP contribution in [0.3, 0.4) is 0 Å². The molecule has 0 radical (unpaired) electrons. The molecular formula is C13H18N2O4S. The van der Waals surface area contributed by atoms with Crippen molar-refractivity contribution in [3.63, 3.8) is 0 Å². The second-order valence-corrected chi connectivity index (χ2v) is 5.90. The van der Waals surface area contributed by atoms with Gasteiger partial charge in [0.2, 0.25) is 10.0 Å². The van der Waals surface area contributed by atoms with Gasteiger partial charge in [0.05, 0.1) is 11.5 Å². The molecule has 1 amide bonds. The van der Waals surface area contributed by atoms with Gasteiger partial charge in [-0.15, -0.1) is 6.58 Å². The number of benzene rings is 1. The van der Waals surface area contributed by atoms with Crippen LogP contribution >= 0.6 is 0 Å². The van der Waals surface area contributed by atoms with Crippen LogP contribution in [0.4, 0.5) is 0 Å². The number of sulfonamides is 1. The van der Waals surface area contributed by atoms with Crippen molar-refractivity contribution in [2.24, 2.45) is 5.14 Å². The van der Waals surface area contributed by atoms with Crippen LogP contribution < -0.4 is 5.14 Å². The third-order valence-corrected chi connectivity index (χ3v) is 3.53. The molecule has 0 atom stereocenters. The van der Waals surface area contributed by atoms with Gasteiger partial charge in [-0.25, -0.2) is 13.6 Å². The van der Waals surface area contributed by atoms with Gasteiger partial charge >= 0.3 is 0 Å². The van der Waals surface area contributed by atoms with E-state index in [1.807, 2.05) is 0 Å². The first-order valence-electron chi connectivity index (χ1n) is 5.95. The molecule has 0 fully saturated rings. The number of amides is 1. The molecule has 0 heterocycles. The molecular weight excluding hydrogens is 280 g/mol. The molecule has 1 rings (SSSR count). The second-order valence-electron chi connectivity index (χ2n) is 4.34. The molecule has 1 aromatic rings. The molecule has 7 heteroatoms. The summed E-state index contributed by atoms with van der Waals surface area (Å²) in [5.74, 6) is -0.382. The third-order valence-electron chi connectivity index (χ3n) is 2.63. The summed E-state index contributed by atoms with van der Waals surface area (Å²) in [4.78, 5) is 13.5. The van der Waals surface area contributed by atoms with Crippen molar-refractivity contribution in [1.82, 2.24) is 4.90 Å². The van der Waals surface area contributed by atoms with Gasteiger partial charge in [0, 0.05) is 18.7 Å². The standard InChI is InChI=1S/C13H18N2O4S/c1-3-4-15(5-6-16)13(17)11-7-10(2)8-12(9-11)20(14,18)19/h3,7-9,16H,1,4-6H2,2H3,(H2,14,18,19). The lowest BCUT2D eigenvalue weighted by molar-refractivity contribution is 0.0742. The largest absolute Gasteiger partial charge is 0.395 e. The number of aliphatic hydroxyl groups is 1. The van der Waals surface area contributed by atoms with E-state index < -0.39 is 10.0 Å². The quantitative estimate of drug-likeness (QED) is 0.736. The van der Waals surface area contributed by atoms with E-state index in [0.717, 1.165) is 0 Å². The highest BCUT2D eigenvalue weighted by atomic mass is 32.2. The maximum absolute atomic E-state index is 12.3. The number of primary sulfonamides is 1. The molecule has 3 N–H and O–H groups in total. The SMILES string of the molecule is C=CCN(CCO)C(=O)c1cc(C)cc(S(N)(=O)=O)c1. The van der Waals surface area contributed by atoms with E-state index in [0.29, 0.717) is 5.56 Å². The van der Waals surface area contributed by atoms with Crippen LogP contribution in [0.5, 0.6) is 0 Å². The van der Waals surface area contributed by atoms with Crippen molar-refractivity contribution < 1.29 is 18.3 Å². The highest BCUT2D eigenvalue weighted by Gasteiger charge is 2.17. The minimum absolute atomic E-state index is 0.108. The monoisotopic (exact) mass is 298 g/mol. The summed E-state index contributed by atoms with van der Waals surface area (Å²) in [6.45, 7) is 5.43. The zero-order chi connectivity index (χ0) is 15.3. The Balaban J connectivity index is 3.21. The topological polar surface area (TPSA) is 101 Å².